The van der Waals surface area contributed by atoms with Crippen LogP contribution in [0.5, 0.6) is 5.75 Å². The van der Waals surface area contributed by atoms with Gasteiger partial charge in [0.15, 0.2) is 0 Å². The highest BCUT2D eigenvalue weighted by molar-refractivity contribution is 6.30. The molecule has 1 aromatic carbocycles. The maximum Gasteiger partial charge on any atom is 0.420 e. The van der Waals surface area contributed by atoms with Crippen molar-refractivity contribution in [3.05, 3.63) is 28.8 Å². The van der Waals surface area contributed by atoms with Gasteiger partial charge in [-0.25, -0.2) is 0 Å². The summed E-state index contributed by atoms with van der Waals surface area (Å²) in [6.45, 7) is 0.769. The van der Waals surface area contributed by atoms with Gasteiger partial charge in [-0.05, 0) is 31.0 Å². The molecule has 0 spiro atoms. The Kier molecular flexibility index (Phi) is 4.02. The van der Waals surface area contributed by atoms with E-state index in [1.54, 1.807) is 0 Å². The summed E-state index contributed by atoms with van der Waals surface area (Å²) in [5.41, 5.74) is -0.854. The highest BCUT2D eigenvalue weighted by Crippen LogP contribution is 2.37. The molecule has 100 valence electrons. The van der Waals surface area contributed by atoms with Crippen molar-refractivity contribution in [2.24, 2.45) is 0 Å². The van der Waals surface area contributed by atoms with Crippen molar-refractivity contribution >= 4 is 11.6 Å². The number of rotatable bonds is 3. The van der Waals surface area contributed by atoms with Crippen LogP contribution in [0.1, 0.15) is 18.4 Å². The van der Waals surface area contributed by atoms with Crippen LogP contribution in [0.15, 0.2) is 18.2 Å². The summed E-state index contributed by atoms with van der Waals surface area (Å²) in [7, 11) is 0. The maximum absolute atomic E-state index is 12.8. The van der Waals surface area contributed by atoms with E-state index < -0.39 is 11.7 Å². The molecule has 0 saturated carbocycles. The molecule has 2 rings (SSSR count). The van der Waals surface area contributed by atoms with E-state index in [1.807, 2.05) is 0 Å². The third-order valence-electron chi connectivity index (χ3n) is 2.70. The van der Waals surface area contributed by atoms with Gasteiger partial charge < -0.3 is 9.47 Å². The molecule has 1 atom stereocenters. The number of halogens is 4. The van der Waals surface area contributed by atoms with Gasteiger partial charge >= 0.3 is 6.18 Å². The van der Waals surface area contributed by atoms with Crippen molar-refractivity contribution < 1.29 is 22.6 Å². The molecule has 18 heavy (non-hydrogen) atoms. The van der Waals surface area contributed by atoms with Gasteiger partial charge in [-0.3, -0.25) is 0 Å². The van der Waals surface area contributed by atoms with Crippen molar-refractivity contribution in [3.63, 3.8) is 0 Å². The molecule has 0 N–H and O–H groups in total. The van der Waals surface area contributed by atoms with Crippen molar-refractivity contribution in [1.29, 1.82) is 0 Å². The minimum atomic E-state index is -4.48. The van der Waals surface area contributed by atoms with Crippen LogP contribution in [0.2, 0.25) is 5.02 Å². The van der Waals surface area contributed by atoms with Crippen LogP contribution in [-0.2, 0) is 10.9 Å². The number of ether oxygens (including phenoxy) is 2. The van der Waals surface area contributed by atoms with E-state index in [0.29, 0.717) is 6.61 Å². The molecular formula is C12H12ClF3O2. The normalized spacial score (nSPS) is 20.1. The van der Waals surface area contributed by atoms with E-state index >= 15 is 0 Å². The van der Waals surface area contributed by atoms with Crippen LogP contribution in [-0.4, -0.2) is 19.3 Å². The van der Waals surface area contributed by atoms with Gasteiger partial charge in [-0.2, -0.15) is 13.2 Å². The number of hydrogen-bond acceptors (Lipinski definition) is 2. The Hall–Kier alpha value is -0.940. The van der Waals surface area contributed by atoms with Gasteiger partial charge in [0, 0.05) is 11.6 Å². The van der Waals surface area contributed by atoms with E-state index in [0.717, 1.165) is 18.9 Å². The monoisotopic (exact) mass is 280 g/mol. The molecule has 1 aliphatic heterocycles. The molecule has 0 aromatic heterocycles. The van der Waals surface area contributed by atoms with E-state index in [4.69, 9.17) is 21.1 Å². The summed E-state index contributed by atoms with van der Waals surface area (Å²) in [5.74, 6) is -0.206. The first kappa shape index (κ1) is 13.5. The lowest BCUT2D eigenvalue weighted by molar-refractivity contribution is -0.139. The Morgan fingerprint density at radius 2 is 2.17 bits per heavy atom. The second-order valence-corrected chi connectivity index (χ2v) is 4.52. The van der Waals surface area contributed by atoms with Crippen LogP contribution >= 0.6 is 11.6 Å². The van der Waals surface area contributed by atoms with Crippen LogP contribution < -0.4 is 4.74 Å². The Balaban J connectivity index is 2.11. The third kappa shape index (κ3) is 3.29. The summed E-state index contributed by atoms with van der Waals surface area (Å²) in [4.78, 5) is 0. The van der Waals surface area contributed by atoms with E-state index in [9.17, 15) is 13.2 Å². The molecule has 2 nitrogen and oxygen atoms in total. The molecule has 1 heterocycles. The first-order valence-corrected chi connectivity index (χ1v) is 5.96. The molecule has 1 aromatic rings. The molecule has 0 radical (unpaired) electrons. The molecule has 0 unspecified atom stereocenters. The third-order valence-corrected chi connectivity index (χ3v) is 2.93. The lowest BCUT2D eigenvalue weighted by atomic mass is 10.2. The smallest absolute Gasteiger partial charge is 0.420 e. The first-order valence-electron chi connectivity index (χ1n) is 5.58. The molecule has 1 aliphatic rings. The zero-order valence-corrected chi connectivity index (χ0v) is 10.2. The van der Waals surface area contributed by atoms with Gasteiger partial charge in [0.2, 0.25) is 0 Å². The highest BCUT2D eigenvalue weighted by atomic mass is 35.5. The minimum absolute atomic E-state index is 0.0341. The number of hydrogen-bond donors (Lipinski definition) is 0. The highest BCUT2D eigenvalue weighted by Gasteiger charge is 2.35. The van der Waals surface area contributed by atoms with Crippen molar-refractivity contribution in [2.45, 2.75) is 25.1 Å². The van der Waals surface area contributed by atoms with Crippen molar-refractivity contribution in [3.8, 4) is 5.75 Å². The second-order valence-electron chi connectivity index (χ2n) is 4.08. The van der Waals surface area contributed by atoms with Gasteiger partial charge in [0.25, 0.3) is 0 Å². The maximum atomic E-state index is 12.8. The summed E-state index contributed by atoms with van der Waals surface area (Å²) in [6, 6.07) is 3.48. The molecule has 1 fully saturated rings. The molecule has 0 amide bonds. The number of alkyl halides is 3. The summed E-state index contributed by atoms with van der Waals surface area (Å²) in [6.07, 6.45) is -2.87. The van der Waals surface area contributed by atoms with Gasteiger partial charge in [-0.1, -0.05) is 11.6 Å². The standard InChI is InChI=1S/C12H12ClF3O2/c13-8-3-4-11(10(6-8)12(14,15)16)18-7-9-2-1-5-17-9/h3-4,6,9H,1-2,5,7H2/t9-/m0/s1. The van der Waals surface area contributed by atoms with Crippen LogP contribution in [0.3, 0.4) is 0 Å². The Labute approximate surface area is 108 Å². The Morgan fingerprint density at radius 1 is 1.39 bits per heavy atom. The fourth-order valence-corrected chi connectivity index (χ4v) is 1.98. The lowest BCUT2D eigenvalue weighted by Gasteiger charge is -2.16. The fraction of sp³-hybridized carbons (Fsp3) is 0.500. The molecule has 0 aliphatic carbocycles. The summed E-state index contributed by atoms with van der Waals surface area (Å²) >= 11 is 5.57. The average Bonchev–Trinajstić information content (AvgIpc) is 2.79. The predicted octanol–water partition coefficient (Wildman–Crippen LogP) is 3.92. The largest absolute Gasteiger partial charge is 0.490 e. The second kappa shape index (κ2) is 5.36. The topological polar surface area (TPSA) is 18.5 Å². The van der Waals surface area contributed by atoms with E-state index in [1.165, 1.54) is 12.1 Å². The average molecular weight is 281 g/mol. The number of benzene rings is 1. The minimum Gasteiger partial charge on any atom is -0.490 e. The van der Waals surface area contributed by atoms with Gasteiger partial charge in [-0.15, -0.1) is 0 Å². The van der Waals surface area contributed by atoms with Crippen molar-refractivity contribution in [2.75, 3.05) is 13.2 Å². The molecular weight excluding hydrogens is 269 g/mol. The Morgan fingerprint density at radius 3 is 2.78 bits per heavy atom. The molecule has 0 bridgehead atoms. The van der Waals surface area contributed by atoms with E-state index in [-0.39, 0.29) is 23.5 Å². The lowest BCUT2D eigenvalue weighted by Crippen LogP contribution is -2.18. The van der Waals surface area contributed by atoms with Crippen LogP contribution in [0.25, 0.3) is 0 Å². The SMILES string of the molecule is FC(F)(F)c1cc(Cl)ccc1OC[C@@H]1CCCO1. The quantitative estimate of drug-likeness (QED) is 0.835. The van der Waals surface area contributed by atoms with Crippen LogP contribution in [0, 0.1) is 0 Å². The first-order chi connectivity index (χ1) is 8.47. The predicted molar refractivity (Wildman–Crippen MR) is 60.9 cm³/mol. The Bertz CT molecular complexity index is 414. The fourth-order valence-electron chi connectivity index (χ4n) is 1.81. The molecule has 1 saturated heterocycles. The zero-order valence-electron chi connectivity index (χ0n) is 9.47. The van der Waals surface area contributed by atoms with Crippen molar-refractivity contribution in [1.82, 2.24) is 0 Å². The van der Waals surface area contributed by atoms with E-state index in [2.05, 4.69) is 0 Å². The summed E-state index contributed by atoms with van der Waals surface area (Å²) < 4.78 is 48.8. The van der Waals surface area contributed by atoms with Gasteiger partial charge in [0.1, 0.15) is 12.4 Å². The zero-order chi connectivity index (χ0) is 13.2. The summed E-state index contributed by atoms with van der Waals surface area (Å²) in [5, 5.41) is 0.0341. The molecule has 6 heteroatoms. The van der Waals surface area contributed by atoms with Crippen LogP contribution in [0.4, 0.5) is 13.2 Å². The van der Waals surface area contributed by atoms with Gasteiger partial charge in [0.05, 0.1) is 11.7 Å².